The molecule has 9 nitrogen and oxygen atoms in total. The normalized spacial score (nSPS) is 11.8. The maximum atomic E-state index is 11.8. The topological polar surface area (TPSA) is 134 Å². The van der Waals surface area contributed by atoms with E-state index in [2.05, 4.69) is 30.9 Å². The van der Waals surface area contributed by atoms with Crippen molar-refractivity contribution >= 4 is 11.9 Å². The summed E-state index contributed by atoms with van der Waals surface area (Å²) in [6.07, 6.45) is 1.20. The number of hydrogen-bond donors (Lipinski definition) is 3. The molecule has 0 aliphatic heterocycles. The minimum Gasteiger partial charge on any atom is -0.477 e. The standard InChI is InChI=1S/C10H10N6O3/c1-5(8-13-15-16-14-8)12-9(17)6-2-3-7(10(18)19)11-4-6/h2-5H,1H3,(H,12,17)(H,18,19)(H,13,14,15,16). The predicted molar refractivity (Wildman–Crippen MR) is 61.3 cm³/mol. The Hall–Kier alpha value is -2.84. The van der Waals surface area contributed by atoms with Crippen molar-refractivity contribution in [3.63, 3.8) is 0 Å². The van der Waals surface area contributed by atoms with Crippen molar-refractivity contribution in [3.05, 3.63) is 35.4 Å². The van der Waals surface area contributed by atoms with Crippen LogP contribution in [0.4, 0.5) is 0 Å². The van der Waals surface area contributed by atoms with E-state index in [9.17, 15) is 9.59 Å². The van der Waals surface area contributed by atoms with Gasteiger partial charge in [0, 0.05) is 6.20 Å². The highest BCUT2D eigenvalue weighted by Crippen LogP contribution is 2.06. The van der Waals surface area contributed by atoms with Crippen molar-refractivity contribution in [2.75, 3.05) is 0 Å². The first-order valence-electron chi connectivity index (χ1n) is 5.31. The van der Waals surface area contributed by atoms with Crippen molar-refractivity contribution < 1.29 is 14.7 Å². The SMILES string of the molecule is CC(NC(=O)c1ccc(C(=O)O)nc1)c1nn[nH]n1. The minimum atomic E-state index is -1.15. The fraction of sp³-hybridized carbons (Fsp3) is 0.200. The highest BCUT2D eigenvalue weighted by atomic mass is 16.4. The number of aromatic carboxylic acids is 1. The third kappa shape index (κ3) is 2.89. The van der Waals surface area contributed by atoms with E-state index >= 15 is 0 Å². The quantitative estimate of drug-likeness (QED) is 0.693. The number of carboxylic acid groups (broad SMARTS) is 1. The highest BCUT2D eigenvalue weighted by molar-refractivity contribution is 5.95. The van der Waals surface area contributed by atoms with Gasteiger partial charge in [-0.25, -0.2) is 9.78 Å². The lowest BCUT2D eigenvalue weighted by atomic mass is 10.2. The van der Waals surface area contributed by atoms with E-state index < -0.39 is 17.9 Å². The van der Waals surface area contributed by atoms with Gasteiger partial charge in [-0.3, -0.25) is 4.79 Å². The van der Waals surface area contributed by atoms with E-state index in [1.807, 2.05) is 0 Å². The lowest BCUT2D eigenvalue weighted by Gasteiger charge is -2.09. The molecule has 0 fully saturated rings. The molecular formula is C10H10N6O3. The van der Waals surface area contributed by atoms with E-state index in [0.29, 0.717) is 5.82 Å². The molecule has 1 amide bonds. The third-order valence-electron chi connectivity index (χ3n) is 2.34. The van der Waals surface area contributed by atoms with E-state index in [4.69, 9.17) is 5.11 Å². The van der Waals surface area contributed by atoms with Crippen molar-refractivity contribution in [1.82, 2.24) is 30.9 Å². The summed E-state index contributed by atoms with van der Waals surface area (Å²) < 4.78 is 0. The lowest BCUT2D eigenvalue weighted by Crippen LogP contribution is -2.27. The Bertz CT molecular complexity index is 580. The lowest BCUT2D eigenvalue weighted by molar-refractivity contribution is 0.0689. The zero-order chi connectivity index (χ0) is 13.8. The predicted octanol–water partition coefficient (Wildman–Crippen LogP) is -0.216. The molecule has 0 saturated heterocycles. The first-order valence-corrected chi connectivity index (χ1v) is 5.31. The number of pyridine rings is 1. The van der Waals surface area contributed by atoms with E-state index in [0.717, 1.165) is 0 Å². The van der Waals surface area contributed by atoms with Gasteiger partial charge in [0.25, 0.3) is 5.91 Å². The highest BCUT2D eigenvalue weighted by Gasteiger charge is 2.15. The van der Waals surface area contributed by atoms with Gasteiger partial charge in [0.2, 0.25) is 0 Å². The molecule has 0 saturated carbocycles. The smallest absolute Gasteiger partial charge is 0.354 e. The number of amides is 1. The van der Waals surface area contributed by atoms with Crippen LogP contribution in [0.15, 0.2) is 18.3 Å². The number of hydrogen-bond acceptors (Lipinski definition) is 6. The average Bonchev–Trinajstić information content (AvgIpc) is 2.92. The first-order chi connectivity index (χ1) is 9.08. The van der Waals surface area contributed by atoms with Crippen LogP contribution in [-0.4, -0.2) is 42.6 Å². The number of carbonyl (C=O) groups is 2. The van der Waals surface area contributed by atoms with Gasteiger partial charge in [-0.05, 0) is 19.1 Å². The molecule has 1 unspecified atom stereocenters. The summed E-state index contributed by atoms with van der Waals surface area (Å²) in [4.78, 5) is 26.1. The monoisotopic (exact) mass is 262 g/mol. The van der Waals surface area contributed by atoms with Crippen LogP contribution in [0, 0.1) is 0 Å². The van der Waals surface area contributed by atoms with Gasteiger partial charge in [0.05, 0.1) is 11.6 Å². The molecule has 0 aliphatic rings. The van der Waals surface area contributed by atoms with Crippen LogP contribution in [0.2, 0.25) is 0 Å². The molecule has 2 aromatic rings. The number of rotatable bonds is 4. The van der Waals surface area contributed by atoms with E-state index in [1.54, 1.807) is 6.92 Å². The first kappa shape index (κ1) is 12.6. The second-order valence-electron chi connectivity index (χ2n) is 3.70. The van der Waals surface area contributed by atoms with E-state index in [1.165, 1.54) is 18.3 Å². The Labute approximate surface area is 107 Å². The van der Waals surface area contributed by atoms with Gasteiger partial charge in [0.15, 0.2) is 5.82 Å². The zero-order valence-corrected chi connectivity index (χ0v) is 9.86. The molecule has 9 heteroatoms. The summed E-state index contributed by atoms with van der Waals surface area (Å²) in [6.45, 7) is 1.70. The number of nitrogens with zero attached hydrogens (tertiary/aromatic N) is 4. The molecule has 2 heterocycles. The van der Waals surface area contributed by atoms with Crippen LogP contribution in [-0.2, 0) is 0 Å². The number of carbonyl (C=O) groups excluding carboxylic acids is 1. The van der Waals surface area contributed by atoms with Crippen LogP contribution >= 0.6 is 0 Å². The molecule has 0 spiro atoms. The van der Waals surface area contributed by atoms with Crippen LogP contribution < -0.4 is 5.32 Å². The summed E-state index contributed by atoms with van der Waals surface area (Å²) >= 11 is 0. The molecule has 0 bridgehead atoms. The second kappa shape index (κ2) is 5.21. The Kier molecular flexibility index (Phi) is 3.46. The van der Waals surface area contributed by atoms with Crippen molar-refractivity contribution in [1.29, 1.82) is 0 Å². The number of aromatic nitrogens is 5. The molecule has 2 rings (SSSR count). The zero-order valence-electron chi connectivity index (χ0n) is 9.86. The van der Waals surface area contributed by atoms with Crippen LogP contribution in [0.25, 0.3) is 0 Å². The number of H-pyrrole nitrogens is 1. The number of aromatic amines is 1. The number of nitrogens with one attached hydrogen (secondary N) is 2. The molecule has 3 N–H and O–H groups in total. The fourth-order valence-corrected chi connectivity index (χ4v) is 1.35. The van der Waals surface area contributed by atoms with Gasteiger partial charge < -0.3 is 10.4 Å². The summed E-state index contributed by atoms with van der Waals surface area (Å²) in [5, 5.41) is 24.5. The summed E-state index contributed by atoms with van der Waals surface area (Å²) in [6, 6.07) is 2.22. The average molecular weight is 262 g/mol. The summed E-state index contributed by atoms with van der Waals surface area (Å²) in [5.41, 5.74) is 0.128. The molecule has 98 valence electrons. The molecule has 2 aromatic heterocycles. The van der Waals surface area contributed by atoms with Crippen molar-refractivity contribution in [2.24, 2.45) is 0 Å². The minimum absolute atomic E-state index is 0.122. The fourth-order valence-electron chi connectivity index (χ4n) is 1.35. The van der Waals surface area contributed by atoms with Crippen LogP contribution in [0.5, 0.6) is 0 Å². The molecule has 1 atom stereocenters. The Morgan fingerprint density at radius 3 is 2.74 bits per heavy atom. The van der Waals surface area contributed by atoms with Gasteiger partial charge in [-0.2, -0.15) is 5.21 Å². The maximum absolute atomic E-state index is 11.8. The Morgan fingerprint density at radius 2 is 2.21 bits per heavy atom. The van der Waals surface area contributed by atoms with Gasteiger partial charge in [0.1, 0.15) is 5.69 Å². The van der Waals surface area contributed by atoms with Gasteiger partial charge in [-0.15, -0.1) is 10.2 Å². The summed E-state index contributed by atoms with van der Waals surface area (Å²) in [5.74, 6) is -1.20. The number of carboxylic acids is 1. The maximum Gasteiger partial charge on any atom is 0.354 e. The van der Waals surface area contributed by atoms with Crippen molar-refractivity contribution in [2.45, 2.75) is 13.0 Å². The largest absolute Gasteiger partial charge is 0.477 e. The molecular weight excluding hydrogens is 252 g/mol. The van der Waals surface area contributed by atoms with Gasteiger partial charge >= 0.3 is 5.97 Å². The molecule has 19 heavy (non-hydrogen) atoms. The molecule has 0 radical (unpaired) electrons. The molecule has 0 aromatic carbocycles. The van der Waals surface area contributed by atoms with Crippen LogP contribution in [0.3, 0.4) is 0 Å². The van der Waals surface area contributed by atoms with Gasteiger partial charge in [-0.1, -0.05) is 5.21 Å². The number of tetrazole rings is 1. The van der Waals surface area contributed by atoms with Crippen molar-refractivity contribution in [3.8, 4) is 0 Å². The second-order valence-corrected chi connectivity index (χ2v) is 3.70. The van der Waals surface area contributed by atoms with E-state index in [-0.39, 0.29) is 11.3 Å². The third-order valence-corrected chi connectivity index (χ3v) is 2.34. The molecule has 0 aliphatic carbocycles. The summed E-state index contributed by atoms with van der Waals surface area (Å²) in [7, 11) is 0. The Morgan fingerprint density at radius 1 is 1.42 bits per heavy atom. The Balaban J connectivity index is 2.05. The van der Waals surface area contributed by atoms with Crippen LogP contribution in [0.1, 0.15) is 39.6 Å².